The fourth-order valence-electron chi connectivity index (χ4n) is 4.81. The zero-order chi connectivity index (χ0) is 19.8. The Hall–Kier alpha value is -2.08. The van der Waals surface area contributed by atoms with Crippen LogP contribution in [0.1, 0.15) is 38.5 Å². The second kappa shape index (κ2) is 7.98. The molecule has 0 atom stereocenters. The summed E-state index contributed by atoms with van der Waals surface area (Å²) in [6.07, 6.45) is 7.26. The Labute approximate surface area is 180 Å². The van der Waals surface area contributed by atoms with Crippen molar-refractivity contribution >= 4 is 39.0 Å². The summed E-state index contributed by atoms with van der Waals surface area (Å²) >= 11 is 3.48. The first-order valence-electron chi connectivity index (χ1n) is 10.7. The lowest BCUT2D eigenvalue weighted by atomic mass is 9.88. The number of carbonyl (C=O) groups excluding carboxylic acids is 1. The molecule has 0 unspecified atom stereocenters. The molecular weight excluding hydrogens is 428 g/mol. The van der Waals surface area contributed by atoms with Gasteiger partial charge >= 0.3 is 0 Å². The number of nitrogens with one attached hydrogen (secondary N) is 1. The summed E-state index contributed by atoms with van der Waals surface area (Å²) in [6.45, 7) is 1.58. The topological polar surface area (TPSA) is 48.5 Å². The van der Waals surface area contributed by atoms with E-state index < -0.39 is 0 Å². The summed E-state index contributed by atoms with van der Waals surface area (Å²) in [5, 5.41) is 2.96. The van der Waals surface area contributed by atoms with Gasteiger partial charge in [-0.25, -0.2) is 4.98 Å². The molecule has 1 N–H and O–H groups in total. The van der Waals surface area contributed by atoms with Gasteiger partial charge in [-0.1, -0.05) is 18.2 Å². The number of pyridine rings is 1. The molecule has 0 radical (unpaired) electrons. The van der Waals surface area contributed by atoms with Crippen LogP contribution in [0.15, 0.2) is 47.1 Å². The minimum absolute atomic E-state index is 0.0587. The van der Waals surface area contributed by atoms with Crippen LogP contribution in [0.5, 0.6) is 0 Å². The van der Waals surface area contributed by atoms with E-state index in [0.717, 1.165) is 47.7 Å². The van der Waals surface area contributed by atoms with E-state index in [4.69, 9.17) is 0 Å². The highest BCUT2D eigenvalue weighted by Gasteiger charge is 2.35. The number of nitrogens with zero attached hydrogens (tertiary/aromatic N) is 3. The highest BCUT2D eigenvalue weighted by Crippen LogP contribution is 2.38. The van der Waals surface area contributed by atoms with E-state index in [9.17, 15) is 4.79 Å². The average Bonchev–Trinajstić information content (AvgIpc) is 3.57. The normalized spacial score (nSPS) is 24.0. The van der Waals surface area contributed by atoms with E-state index in [2.05, 4.69) is 66.4 Å². The van der Waals surface area contributed by atoms with Gasteiger partial charge in [0, 0.05) is 24.3 Å². The molecule has 1 aromatic heterocycles. The first kappa shape index (κ1) is 18.9. The Kier molecular flexibility index (Phi) is 5.20. The third-order valence-corrected chi connectivity index (χ3v) is 6.93. The van der Waals surface area contributed by atoms with E-state index in [0.29, 0.717) is 18.6 Å². The Morgan fingerprint density at radius 2 is 1.79 bits per heavy atom. The summed E-state index contributed by atoms with van der Waals surface area (Å²) < 4.78 is 0.811. The third-order valence-electron chi connectivity index (χ3n) is 6.49. The van der Waals surface area contributed by atoms with E-state index in [1.54, 1.807) is 0 Å². The number of para-hydroxylation sites is 1. The number of halogens is 1. The molecule has 2 heterocycles. The summed E-state index contributed by atoms with van der Waals surface area (Å²) in [6, 6.07) is 15.7. The van der Waals surface area contributed by atoms with Crippen molar-refractivity contribution in [1.82, 2.24) is 4.98 Å². The summed E-state index contributed by atoms with van der Waals surface area (Å²) in [5.74, 6) is 1.83. The molecule has 0 bridgehead atoms. The standard InChI is InChI=1S/C23H27BrN4O/c24-21-13-12-20-23(26-21)28(15-22(29)25-20)19-10-8-18(9-11-19)27(14-16-6-7-16)17-4-2-1-3-5-17/h1-5,12-13,16,18-19H,6-11,14-15H2,(H,25,29)/t18-,19-. The van der Waals surface area contributed by atoms with Gasteiger partial charge in [0.25, 0.3) is 0 Å². The maximum Gasteiger partial charge on any atom is 0.244 e. The maximum atomic E-state index is 12.2. The molecule has 1 amide bonds. The Bertz CT molecular complexity index is 878. The van der Waals surface area contributed by atoms with Crippen molar-refractivity contribution in [3.8, 4) is 0 Å². The molecule has 5 nitrogen and oxygen atoms in total. The first-order chi connectivity index (χ1) is 14.2. The maximum absolute atomic E-state index is 12.2. The van der Waals surface area contributed by atoms with Gasteiger partial charge in [-0.05, 0) is 84.6 Å². The number of amides is 1. The first-order valence-corrected chi connectivity index (χ1v) is 11.5. The number of hydrogen-bond acceptors (Lipinski definition) is 4. The predicted molar refractivity (Wildman–Crippen MR) is 120 cm³/mol. The van der Waals surface area contributed by atoms with E-state index in [-0.39, 0.29) is 5.91 Å². The lowest BCUT2D eigenvalue weighted by Gasteiger charge is -2.43. The molecule has 1 aliphatic heterocycles. The second-order valence-corrected chi connectivity index (χ2v) is 9.39. The van der Waals surface area contributed by atoms with E-state index in [1.807, 2.05) is 12.1 Å². The summed E-state index contributed by atoms with van der Waals surface area (Å²) in [7, 11) is 0. The molecule has 0 saturated heterocycles. The number of aromatic nitrogens is 1. The van der Waals surface area contributed by atoms with Gasteiger partial charge in [0.2, 0.25) is 5.91 Å². The molecule has 2 aliphatic carbocycles. The summed E-state index contributed by atoms with van der Waals surface area (Å²) in [5.41, 5.74) is 2.18. The highest BCUT2D eigenvalue weighted by molar-refractivity contribution is 9.10. The molecule has 3 aliphatic rings. The number of hydrogen-bond donors (Lipinski definition) is 1. The SMILES string of the molecule is O=C1CN([C@H]2CC[C@H](N(CC3CC3)c3ccccc3)CC2)c2nc(Br)ccc2N1. The zero-order valence-corrected chi connectivity index (χ0v) is 18.1. The van der Waals surface area contributed by atoms with Gasteiger partial charge in [0.15, 0.2) is 5.82 Å². The molecule has 1 aromatic carbocycles. The van der Waals surface area contributed by atoms with Crippen LogP contribution >= 0.6 is 15.9 Å². The Morgan fingerprint density at radius 1 is 1.03 bits per heavy atom. The van der Waals surface area contributed by atoms with Crippen LogP contribution in [0, 0.1) is 5.92 Å². The minimum Gasteiger partial charge on any atom is -0.368 e. The summed E-state index contributed by atoms with van der Waals surface area (Å²) in [4.78, 5) is 21.8. The molecule has 29 heavy (non-hydrogen) atoms. The Balaban J connectivity index is 1.31. The zero-order valence-electron chi connectivity index (χ0n) is 16.6. The van der Waals surface area contributed by atoms with Crippen molar-refractivity contribution < 1.29 is 4.79 Å². The van der Waals surface area contributed by atoms with Crippen molar-refractivity contribution in [3.05, 3.63) is 47.1 Å². The monoisotopic (exact) mass is 454 g/mol. The van der Waals surface area contributed by atoms with Crippen LogP contribution in [0.4, 0.5) is 17.2 Å². The van der Waals surface area contributed by atoms with Crippen LogP contribution in [0.2, 0.25) is 0 Å². The quantitative estimate of drug-likeness (QED) is 0.657. The van der Waals surface area contributed by atoms with Gasteiger partial charge in [-0.2, -0.15) is 0 Å². The molecule has 6 heteroatoms. The largest absolute Gasteiger partial charge is 0.368 e. The molecule has 2 aromatic rings. The smallest absolute Gasteiger partial charge is 0.244 e. The number of carbonyl (C=O) groups is 1. The van der Waals surface area contributed by atoms with Crippen LogP contribution in [0.3, 0.4) is 0 Å². The molecule has 2 saturated carbocycles. The average molecular weight is 455 g/mol. The van der Waals surface area contributed by atoms with Gasteiger partial charge in [0.1, 0.15) is 4.60 Å². The van der Waals surface area contributed by atoms with Gasteiger partial charge < -0.3 is 15.1 Å². The number of fused-ring (bicyclic) bond motifs is 1. The van der Waals surface area contributed by atoms with Crippen molar-refractivity contribution in [3.63, 3.8) is 0 Å². The van der Waals surface area contributed by atoms with E-state index >= 15 is 0 Å². The predicted octanol–water partition coefficient (Wildman–Crippen LogP) is 4.83. The van der Waals surface area contributed by atoms with Crippen molar-refractivity contribution in [1.29, 1.82) is 0 Å². The minimum atomic E-state index is 0.0587. The van der Waals surface area contributed by atoms with Gasteiger partial charge in [0.05, 0.1) is 12.2 Å². The molecule has 5 rings (SSSR count). The lowest BCUT2D eigenvalue weighted by Crippen LogP contribution is -2.49. The number of anilines is 3. The highest BCUT2D eigenvalue weighted by atomic mass is 79.9. The van der Waals surface area contributed by atoms with Crippen molar-refractivity contribution in [2.75, 3.05) is 28.2 Å². The Morgan fingerprint density at radius 3 is 2.52 bits per heavy atom. The van der Waals surface area contributed by atoms with Crippen LogP contribution in [-0.4, -0.2) is 36.1 Å². The molecule has 2 fully saturated rings. The van der Waals surface area contributed by atoms with E-state index in [1.165, 1.54) is 25.1 Å². The van der Waals surface area contributed by atoms with Crippen LogP contribution in [0.25, 0.3) is 0 Å². The molecular formula is C23H27BrN4O. The number of rotatable bonds is 5. The fraction of sp³-hybridized carbons (Fsp3) is 0.478. The van der Waals surface area contributed by atoms with Crippen molar-refractivity contribution in [2.24, 2.45) is 5.92 Å². The van der Waals surface area contributed by atoms with Crippen molar-refractivity contribution in [2.45, 2.75) is 50.6 Å². The van der Waals surface area contributed by atoms with Gasteiger partial charge in [-0.3, -0.25) is 4.79 Å². The fourth-order valence-corrected chi connectivity index (χ4v) is 5.11. The number of benzene rings is 1. The van der Waals surface area contributed by atoms with Crippen LogP contribution < -0.4 is 15.1 Å². The second-order valence-electron chi connectivity index (χ2n) is 8.57. The lowest BCUT2D eigenvalue weighted by molar-refractivity contribution is -0.115. The molecule has 152 valence electrons. The van der Waals surface area contributed by atoms with Gasteiger partial charge in [-0.15, -0.1) is 0 Å². The van der Waals surface area contributed by atoms with Crippen LogP contribution in [-0.2, 0) is 4.79 Å². The third kappa shape index (κ3) is 4.13. The molecule has 0 spiro atoms.